The lowest BCUT2D eigenvalue weighted by Crippen LogP contribution is -2.28. The number of hydrogen-bond acceptors (Lipinski definition) is 5. The number of rotatable bonds is 5. The number of hydrogen-bond donors (Lipinski definition) is 2. The summed E-state index contributed by atoms with van der Waals surface area (Å²) in [7, 11) is 0. The Hall–Kier alpha value is -1.54. The van der Waals surface area contributed by atoms with Crippen molar-refractivity contribution in [1.82, 2.24) is 20.2 Å². The Morgan fingerprint density at radius 2 is 1.96 bits per heavy atom. The van der Waals surface area contributed by atoms with Crippen molar-refractivity contribution in [3.05, 3.63) is 40.1 Å². The highest BCUT2D eigenvalue weighted by atomic mass is 79.9. The van der Waals surface area contributed by atoms with Crippen LogP contribution >= 0.6 is 27.7 Å². The molecule has 0 spiro atoms. The van der Waals surface area contributed by atoms with Crippen LogP contribution in [-0.2, 0) is 10.2 Å². The van der Waals surface area contributed by atoms with Crippen LogP contribution < -0.4 is 11.2 Å². The Morgan fingerprint density at radius 3 is 2.50 bits per heavy atom. The fourth-order valence-electron chi connectivity index (χ4n) is 2.13. The fraction of sp³-hybridized carbons (Fsp3) is 0.438. The van der Waals surface area contributed by atoms with Gasteiger partial charge in [0.2, 0.25) is 11.1 Å². The number of aromatic nitrogens is 3. The Morgan fingerprint density at radius 1 is 1.33 bits per heavy atom. The molecular weight excluding hydrogens is 390 g/mol. The lowest BCUT2D eigenvalue weighted by Gasteiger charge is -2.16. The van der Waals surface area contributed by atoms with Crippen molar-refractivity contribution in [2.45, 2.75) is 44.3 Å². The number of nitrogens with one attached hydrogen (secondary N) is 1. The molecule has 130 valence electrons. The second kappa shape index (κ2) is 7.57. The molecular formula is C16H22BrN5OS. The zero-order valence-corrected chi connectivity index (χ0v) is 16.6. The van der Waals surface area contributed by atoms with Crippen LogP contribution in [0, 0.1) is 0 Å². The second-order valence-corrected chi connectivity index (χ2v) is 8.41. The molecule has 0 unspecified atom stereocenters. The Balaban J connectivity index is 1.92. The van der Waals surface area contributed by atoms with Crippen LogP contribution in [0.2, 0.25) is 0 Å². The first kappa shape index (κ1) is 18.8. The van der Waals surface area contributed by atoms with Crippen molar-refractivity contribution >= 4 is 33.6 Å². The Labute approximate surface area is 154 Å². The zero-order chi connectivity index (χ0) is 17.9. The van der Waals surface area contributed by atoms with Crippen LogP contribution in [-0.4, -0.2) is 26.5 Å². The number of nitrogens with zero attached hydrogens (tertiary/aromatic N) is 3. The number of thioether (sulfide) groups is 1. The average Bonchev–Trinajstić information content (AvgIpc) is 2.86. The van der Waals surface area contributed by atoms with Gasteiger partial charge in [0.25, 0.3) is 0 Å². The van der Waals surface area contributed by atoms with Gasteiger partial charge in [0.1, 0.15) is 0 Å². The van der Waals surface area contributed by atoms with Crippen molar-refractivity contribution < 1.29 is 4.79 Å². The van der Waals surface area contributed by atoms with Gasteiger partial charge in [0, 0.05) is 9.89 Å². The summed E-state index contributed by atoms with van der Waals surface area (Å²) in [5, 5.41) is 11.7. The maximum atomic E-state index is 12.1. The molecule has 0 aliphatic carbocycles. The lowest BCUT2D eigenvalue weighted by atomic mass is 9.96. The van der Waals surface area contributed by atoms with E-state index in [1.807, 2.05) is 52.0 Å². The fourth-order valence-corrected chi connectivity index (χ4v) is 3.07. The summed E-state index contributed by atoms with van der Waals surface area (Å²) >= 11 is 4.68. The van der Waals surface area contributed by atoms with E-state index in [2.05, 4.69) is 31.4 Å². The van der Waals surface area contributed by atoms with Gasteiger partial charge < -0.3 is 11.2 Å². The van der Waals surface area contributed by atoms with Crippen LogP contribution in [0.5, 0.6) is 0 Å². The predicted octanol–water partition coefficient (Wildman–Crippen LogP) is 3.02. The first-order valence-corrected chi connectivity index (χ1v) is 9.35. The molecule has 0 aliphatic rings. The highest BCUT2D eigenvalue weighted by molar-refractivity contribution is 9.10. The first-order valence-electron chi connectivity index (χ1n) is 7.57. The molecule has 24 heavy (non-hydrogen) atoms. The normalized spacial score (nSPS) is 12.9. The predicted molar refractivity (Wildman–Crippen MR) is 100 cm³/mol. The molecule has 0 saturated carbocycles. The third-order valence-electron chi connectivity index (χ3n) is 3.42. The summed E-state index contributed by atoms with van der Waals surface area (Å²) in [5.74, 6) is 6.87. The number of benzene rings is 1. The van der Waals surface area contributed by atoms with E-state index in [1.54, 1.807) is 0 Å². The highest BCUT2D eigenvalue weighted by Crippen LogP contribution is 2.23. The van der Waals surface area contributed by atoms with Gasteiger partial charge in [-0.25, -0.2) is 4.68 Å². The van der Waals surface area contributed by atoms with Crippen LogP contribution in [0.25, 0.3) is 0 Å². The van der Waals surface area contributed by atoms with Crippen LogP contribution in [0.4, 0.5) is 0 Å². The monoisotopic (exact) mass is 411 g/mol. The summed E-state index contributed by atoms with van der Waals surface area (Å²) in [5.41, 5.74) is 0.854. The molecule has 1 heterocycles. The summed E-state index contributed by atoms with van der Waals surface area (Å²) in [6.45, 7) is 8.00. The van der Waals surface area contributed by atoms with Crippen molar-refractivity contribution in [3.63, 3.8) is 0 Å². The van der Waals surface area contributed by atoms with Gasteiger partial charge in [-0.05, 0) is 24.6 Å². The largest absolute Gasteiger partial charge is 0.349 e. The van der Waals surface area contributed by atoms with E-state index in [0.29, 0.717) is 11.0 Å². The van der Waals surface area contributed by atoms with E-state index in [1.165, 1.54) is 16.4 Å². The molecule has 8 heteroatoms. The van der Waals surface area contributed by atoms with Crippen LogP contribution in [0.1, 0.15) is 45.1 Å². The van der Waals surface area contributed by atoms with E-state index in [-0.39, 0.29) is 23.1 Å². The van der Waals surface area contributed by atoms with Crippen molar-refractivity contribution in [2.75, 3.05) is 11.6 Å². The average molecular weight is 412 g/mol. The van der Waals surface area contributed by atoms with Gasteiger partial charge in [0.15, 0.2) is 5.82 Å². The smallest absolute Gasteiger partial charge is 0.230 e. The van der Waals surface area contributed by atoms with E-state index in [4.69, 9.17) is 5.84 Å². The maximum absolute atomic E-state index is 12.1. The number of amides is 1. The van der Waals surface area contributed by atoms with Crippen LogP contribution in [0.3, 0.4) is 0 Å². The molecule has 1 amide bonds. The Bertz CT molecular complexity index is 708. The summed E-state index contributed by atoms with van der Waals surface area (Å²) in [6, 6.07) is 7.81. The summed E-state index contributed by atoms with van der Waals surface area (Å²) in [4.78, 5) is 12.1. The van der Waals surface area contributed by atoms with E-state index < -0.39 is 0 Å². The van der Waals surface area contributed by atoms with Gasteiger partial charge in [-0.3, -0.25) is 4.79 Å². The molecule has 0 fully saturated rings. The van der Waals surface area contributed by atoms with Crippen molar-refractivity contribution in [2.24, 2.45) is 0 Å². The van der Waals surface area contributed by atoms with E-state index in [9.17, 15) is 4.79 Å². The topological polar surface area (TPSA) is 85.8 Å². The van der Waals surface area contributed by atoms with Gasteiger partial charge in [-0.1, -0.05) is 60.6 Å². The molecule has 6 nitrogen and oxygen atoms in total. The van der Waals surface area contributed by atoms with Gasteiger partial charge in [0.05, 0.1) is 11.8 Å². The minimum atomic E-state index is -0.196. The number of carbonyl (C=O) groups is 1. The SMILES string of the molecule is C[C@@H](NC(=O)CSc1nnc(C(C)(C)C)n1N)c1ccc(Br)cc1. The number of carbonyl (C=O) groups excluding carboxylic acids is 1. The Kier molecular flexibility index (Phi) is 5.92. The number of nitrogen functional groups attached to an aromatic ring is 1. The third kappa shape index (κ3) is 4.73. The molecule has 2 aromatic rings. The molecule has 1 atom stereocenters. The zero-order valence-electron chi connectivity index (χ0n) is 14.2. The van der Waals surface area contributed by atoms with Gasteiger partial charge >= 0.3 is 0 Å². The van der Waals surface area contributed by atoms with Crippen LogP contribution in [0.15, 0.2) is 33.9 Å². The third-order valence-corrected chi connectivity index (χ3v) is 4.89. The molecule has 0 bridgehead atoms. The van der Waals surface area contributed by atoms with E-state index >= 15 is 0 Å². The molecule has 2 rings (SSSR count). The first-order chi connectivity index (χ1) is 11.2. The molecule has 0 radical (unpaired) electrons. The minimum Gasteiger partial charge on any atom is -0.349 e. The molecule has 1 aromatic carbocycles. The van der Waals surface area contributed by atoms with Crippen molar-refractivity contribution in [1.29, 1.82) is 0 Å². The second-order valence-electron chi connectivity index (χ2n) is 6.56. The number of nitrogens with two attached hydrogens (primary N) is 1. The molecule has 1 aromatic heterocycles. The summed E-state index contributed by atoms with van der Waals surface area (Å²) in [6.07, 6.45) is 0. The standard InChI is InChI=1S/C16H22BrN5OS/c1-10(11-5-7-12(17)8-6-11)19-13(23)9-24-15-21-20-14(22(15)18)16(2,3)4/h5-8,10H,9,18H2,1-4H3,(H,19,23)/t10-/m1/s1. The van der Waals surface area contributed by atoms with E-state index in [0.717, 1.165) is 10.0 Å². The molecule has 3 N–H and O–H groups in total. The minimum absolute atomic E-state index is 0.0629. The van der Waals surface area contributed by atoms with Gasteiger partial charge in [-0.15, -0.1) is 10.2 Å². The maximum Gasteiger partial charge on any atom is 0.230 e. The molecule has 0 aliphatic heterocycles. The number of halogens is 1. The highest BCUT2D eigenvalue weighted by Gasteiger charge is 2.23. The summed E-state index contributed by atoms with van der Waals surface area (Å²) < 4.78 is 2.47. The lowest BCUT2D eigenvalue weighted by molar-refractivity contribution is -0.119. The van der Waals surface area contributed by atoms with Crippen molar-refractivity contribution in [3.8, 4) is 0 Å². The van der Waals surface area contributed by atoms with Gasteiger partial charge in [-0.2, -0.15) is 0 Å². The molecule has 0 saturated heterocycles. The quantitative estimate of drug-likeness (QED) is 0.583.